The third-order valence-electron chi connectivity index (χ3n) is 6.19. The Morgan fingerprint density at radius 2 is 1.63 bits per heavy atom. The zero-order valence-electron chi connectivity index (χ0n) is 20.7. The number of ether oxygens (including phenoxy) is 2. The SMILES string of the molecule is CCC(NC(=O)C1CCN(C(=O)COc2ccccc2)CC1)c1ccccc1OCC(=O)N(C)C. The van der Waals surface area contributed by atoms with E-state index in [-0.39, 0.29) is 42.9 Å². The molecular weight excluding hydrogens is 446 g/mol. The molecule has 1 heterocycles. The largest absolute Gasteiger partial charge is 0.484 e. The van der Waals surface area contributed by atoms with E-state index < -0.39 is 0 Å². The van der Waals surface area contributed by atoms with Crippen molar-refractivity contribution in [3.63, 3.8) is 0 Å². The Bertz CT molecular complexity index is 987. The van der Waals surface area contributed by atoms with Crippen molar-refractivity contribution >= 4 is 17.7 Å². The maximum atomic E-state index is 13.1. The fraction of sp³-hybridized carbons (Fsp3) is 0.444. The molecule has 35 heavy (non-hydrogen) atoms. The van der Waals surface area contributed by atoms with E-state index in [4.69, 9.17) is 9.47 Å². The minimum atomic E-state index is -0.230. The molecule has 1 saturated heterocycles. The number of nitrogens with one attached hydrogen (secondary N) is 1. The summed E-state index contributed by atoms with van der Waals surface area (Å²) in [6, 6.07) is 16.5. The lowest BCUT2D eigenvalue weighted by Gasteiger charge is -2.32. The summed E-state index contributed by atoms with van der Waals surface area (Å²) in [5.41, 5.74) is 0.848. The van der Waals surface area contributed by atoms with Crippen LogP contribution in [0, 0.1) is 5.92 Å². The van der Waals surface area contributed by atoms with Crippen molar-refractivity contribution in [1.29, 1.82) is 0 Å². The molecule has 1 atom stereocenters. The first-order valence-electron chi connectivity index (χ1n) is 12.1. The highest BCUT2D eigenvalue weighted by Crippen LogP contribution is 2.28. The van der Waals surface area contributed by atoms with Crippen LogP contribution in [0.2, 0.25) is 0 Å². The van der Waals surface area contributed by atoms with Gasteiger partial charge in [0.2, 0.25) is 5.91 Å². The molecule has 1 aliphatic heterocycles. The normalized spacial score (nSPS) is 14.7. The molecule has 0 saturated carbocycles. The zero-order valence-corrected chi connectivity index (χ0v) is 20.7. The topological polar surface area (TPSA) is 88.2 Å². The molecule has 1 unspecified atom stereocenters. The molecule has 0 aliphatic carbocycles. The molecule has 188 valence electrons. The van der Waals surface area contributed by atoms with Gasteiger partial charge in [-0.2, -0.15) is 0 Å². The lowest BCUT2D eigenvalue weighted by Crippen LogP contribution is -2.45. The average Bonchev–Trinajstić information content (AvgIpc) is 2.89. The number of hydrogen-bond donors (Lipinski definition) is 1. The predicted octanol–water partition coefficient (Wildman–Crippen LogP) is 3.04. The molecule has 2 aromatic carbocycles. The zero-order chi connectivity index (χ0) is 25.2. The highest BCUT2D eigenvalue weighted by Gasteiger charge is 2.29. The van der Waals surface area contributed by atoms with E-state index >= 15 is 0 Å². The Kier molecular flexibility index (Phi) is 9.52. The maximum absolute atomic E-state index is 13.1. The molecule has 1 aliphatic rings. The van der Waals surface area contributed by atoms with Crippen LogP contribution in [0.25, 0.3) is 0 Å². The number of carbonyl (C=O) groups is 3. The number of nitrogens with zero attached hydrogens (tertiary/aromatic N) is 2. The third kappa shape index (κ3) is 7.47. The lowest BCUT2D eigenvalue weighted by molar-refractivity contribution is -0.137. The van der Waals surface area contributed by atoms with Crippen LogP contribution >= 0.6 is 0 Å². The Labute approximate surface area is 207 Å². The standard InChI is InChI=1S/C27H35N3O5/c1-4-23(22-12-8-9-13-24(22)35-18-25(31)29(2)3)28-27(33)20-14-16-30(17-15-20)26(32)19-34-21-10-6-5-7-11-21/h5-13,20,23H,4,14-19H2,1-3H3,(H,28,33). The summed E-state index contributed by atoms with van der Waals surface area (Å²) in [6.45, 7) is 2.98. The highest BCUT2D eigenvalue weighted by atomic mass is 16.5. The summed E-state index contributed by atoms with van der Waals surface area (Å²) < 4.78 is 11.3. The predicted molar refractivity (Wildman–Crippen MR) is 133 cm³/mol. The molecule has 8 nitrogen and oxygen atoms in total. The number of benzene rings is 2. The summed E-state index contributed by atoms with van der Waals surface area (Å²) >= 11 is 0. The van der Waals surface area contributed by atoms with Crippen molar-refractivity contribution in [2.75, 3.05) is 40.4 Å². The Hall–Kier alpha value is -3.55. The van der Waals surface area contributed by atoms with Crippen LogP contribution in [-0.2, 0) is 14.4 Å². The van der Waals surface area contributed by atoms with Gasteiger partial charge in [0, 0.05) is 38.7 Å². The minimum Gasteiger partial charge on any atom is -0.484 e. The van der Waals surface area contributed by atoms with Gasteiger partial charge in [0.05, 0.1) is 6.04 Å². The Morgan fingerprint density at radius 1 is 0.971 bits per heavy atom. The number of carbonyl (C=O) groups excluding carboxylic acids is 3. The second kappa shape index (κ2) is 12.8. The van der Waals surface area contributed by atoms with Crippen molar-refractivity contribution in [3.05, 3.63) is 60.2 Å². The van der Waals surface area contributed by atoms with Crippen LogP contribution in [0.1, 0.15) is 37.8 Å². The number of amides is 3. The third-order valence-corrected chi connectivity index (χ3v) is 6.19. The molecule has 1 fully saturated rings. The van der Waals surface area contributed by atoms with Crippen LogP contribution < -0.4 is 14.8 Å². The van der Waals surface area contributed by atoms with Gasteiger partial charge in [-0.05, 0) is 37.5 Å². The van der Waals surface area contributed by atoms with Gasteiger partial charge in [-0.3, -0.25) is 14.4 Å². The number of piperidine rings is 1. The van der Waals surface area contributed by atoms with E-state index in [1.165, 1.54) is 4.90 Å². The molecular formula is C27H35N3O5. The van der Waals surface area contributed by atoms with Gasteiger partial charge in [-0.1, -0.05) is 43.3 Å². The first kappa shape index (κ1) is 26.1. The summed E-state index contributed by atoms with van der Waals surface area (Å²) in [6.07, 6.45) is 1.89. The monoisotopic (exact) mass is 481 g/mol. The van der Waals surface area contributed by atoms with Gasteiger partial charge >= 0.3 is 0 Å². The van der Waals surface area contributed by atoms with Gasteiger partial charge < -0.3 is 24.6 Å². The van der Waals surface area contributed by atoms with Crippen molar-refractivity contribution in [1.82, 2.24) is 15.1 Å². The molecule has 3 amide bonds. The second-order valence-electron chi connectivity index (χ2n) is 8.84. The number of rotatable bonds is 10. The fourth-order valence-corrected chi connectivity index (χ4v) is 4.00. The first-order valence-corrected chi connectivity index (χ1v) is 12.1. The Morgan fingerprint density at radius 3 is 2.29 bits per heavy atom. The highest BCUT2D eigenvalue weighted by molar-refractivity contribution is 5.81. The molecule has 0 spiro atoms. The van der Waals surface area contributed by atoms with Crippen molar-refractivity contribution in [3.8, 4) is 11.5 Å². The van der Waals surface area contributed by atoms with Crippen molar-refractivity contribution < 1.29 is 23.9 Å². The van der Waals surface area contributed by atoms with E-state index in [0.29, 0.717) is 43.9 Å². The van der Waals surface area contributed by atoms with Crippen molar-refractivity contribution in [2.45, 2.75) is 32.2 Å². The van der Waals surface area contributed by atoms with Gasteiger partial charge in [-0.15, -0.1) is 0 Å². The second-order valence-corrected chi connectivity index (χ2v) is 8.84. The summed E-state index contributed by atoms with van der Waals surface area (Å²) in [4.78, 5) is 40.7. The van der Waals surface area contributed by atoms with Gasteiger partial charge in [-0.25, -0.2) is 0 Å². The summed E-state index contributed by atoms with van der Waals surface area (Å²) in [7, 11) is 3.36. The molecule has 0 bridgehead atoms. The summed E-state index contributed by atoms with van der Waals surface area (Å²) in [5, 5.41) is 3.15. The molecule has 2 aromatic rings. The number of hydrogen-bond acceptors (Lipinski definition) is 5. The van der Waals surface area contributed by atoms with Gasteiger partial charge in [0.25, 0.3) is 11.8 Å². The van der Waals surface area contributed by atoms with E-state index in [9.17, 15) is 14.4 Å². The summed E-state index contributed by atoms with van der Waals surface area (Å²) in [5.74, 6) is 0.866. The van der Waals surface area contributed by atoms with E-state index in [1.54, 1.807) is 19.0 Å². The van der Waals surface area contributed by atoms with Crippen LogP contribution in [0.4, 0.5) is 0 Å². The van der Waals surface area contributed by atoms with Crippen molar-refractivity contribution in [2.24, 2.45) is 5.92 Å². The molecule has 8 heteroatoms. The van der Waals surface area contributed by atoms with Crippen LogP contribution in [-0.4, -0.2) is 67.9 Å². The number of para-hydroxylation sites is 2. The Balaban J connectivity index is 1.51. The number of likely N-dealkylation sites (tertiary alicyclic amines) is 1. The van der Waals surface area contributed by atoms with Crippen LogP contribution in [0.3, 0.4) is 0 Å². The van der Waals surface area contributed by atoms with E-state index in [2.05, 4.69) is 5.32 Å². The lowest BCUT2D eigenvalue weighted by atomic mass is 9.94. The van der Waals surface area contributed by atoms with Crippen LogP contribution in [0.15, 0.2) is 54.6 Å². The van der Waals surface area contributed by atoms with Gasteiger partial charge in [0.15, 0.2) is 13.2 Å². The van der Waals surface area contributed by atoms with E-state index in [1.807, 2.05) is 61.5 Å². The molecule has 1 N–H and O–H groups in total. The first-order chi connectivity index (χ1) is 16.9. The average molecular weight is 482 g/mol. The number of likely N-dealkylation sites (N-methyl/N-ethyl adjacent to an activating group) is 1. The smallest absolute Gasteiger partial charge is 0.260 e. The van der Waals surface area contributed by atoms with Gasteiger partial charge in [0.1, 0.15) is 11.5 Å². The minimum absolute atomic E-state index is 0.00804. The van der Waals surface area contributed by atoms with E-state index in [0.717, 1.165) is 5.56 Å². The molecule has 0 radical (unpaired) electrons. The maximum Gasteiger partial charge on any atom is 0.260 e. The van der Waals surface area contributed by atoms with Crippen LogP contribution in [0.5, 0.6) is 11.5 Å². The molecule has 0 aromatic heterocycles. The quantitative estimate of drug-likeness (QED) is 0.564. The fourth-order valence-electron chi connectivity index (χ4n) is 4.00. The molecule has 3 rings (SSSR count).